The van der Waals surface area contributed by atoms with Gasteiger partial charge in [-0.3, -0.25) is 0 Å². The molecule has 2 aliphatic heterocycles. The molecule has 0 spiro atoms. The molecule has 1 aromatic rings. The van der Waals surface area contributed by atoms with E-state index in [0.717, 1.165) is 29.8 Å². The standard InChI is InChI=1S/C19H29N3O3/c20-17-13-15-5-10-22(19(23)24)11-6-16(15)14-18(17)25-12-4-9-21-7-2-1-3-8-21/h13-14H,1-12,20H2,(H,23,24). The van der Waals surface area contributed by atoms with Gasteiger partial charge in [0.15, 0.2) is 0 Å². The van der Waals surface area contributed by atoms with Crippen LogP contribution in [0.2, 0.25) is 0 Å². The van der Waals surface area contributed by atoms with E-state index in [1.54, 1.807) is 0 Å². The van der Waals surface area contributed by atoms with E-state index in [2.05, 4.69) is 4.90 Å². The van der Waals surface area contributed by atoms with Gasteiger partial charge < -0.3 is 25.4 Å². The molecule has 0 unspecified atom stereocenters. The van der Waals surface area contributed by atoms with Crippen LogP contribution in [0.15, 0.2) is 12.1 Å². The number of piperidine rings is 1. The molecule has 2 aliphatic rings. The summed E-state index contributed by atoms with van der Waals surface area (Å²) in [7, 11) is 0. The van der Waals surface area contributed by atoms with E-state index >= 15 is 0 Å². The average Bonchev–Trinajstić information content (AvgIpc) is 2.82. The van der Waals surface area contributed by atoms with Crippen LogP contribution >= 0.6 is 0 Å². The minimum absolute atomic E-state index is 0.526. The first-order chi connectivity index (χ1) is 12.1. The Balaban J connectivity index is 1.53. The third-order valence-electron chi connectivity index (χ3n) is 5.23. The number of rotatable bonds is 5. The SMILES string of the molecule is Nc1cc2c(cc1OCCCN1CCCCC1)CCN(C(=O)O)CC2. The zero-order valence-electron chi connectivity index (χ0n) is 14.9. The molecule has 0 atom stereocenters. The topological polar surface area (TPSA) is 79.0 Å². The number of amides is 1. The average molecular weight is 347 g/mol. The van der Waals surface area contributed by atoms with E-state index in [-0.39, 0.29) is 0 Å². The van der Waals surface area contributed by atoms with E-state index in [4.69, 9.17) is 10.5 Å². The molecular weight excluding hydrogens is 318 g/mol. The van der Waals surface area contributed by atoms with Crippen molar-refractivity contribution in [1.82, 2.24) is 9.80 Å². The van der Waals surface area contributed by atoms with E-state index in [1.807, 2.05) is 12.1 Å². The largest absolute Gasteiger partial charge is 0.491 e. The van der Waals surface area contributed by atoms with E-state index in [9.17, 15) is 9.90 Å². The number of hydrogen-bond donors (Lipinski definition) is 2. The molecule has 6 nitrogen and oxygen atoms in total. The number of benzene rings is 1. The Kier molecular flexibility index (Phi) is 6.02. The Morgan fingerprint density at radius 3 is 2.44 bits per heavy atom. The van der Waals surface area contributed by atoms with Crippen molar-refractivity contribution in [3.8, 4) is 5.75 Å². The molecule has 2 heterocycles. The molecule has 0 bridgehead atoms. The molecular formula is C19H29N3O3. The summed E-state index contributed by atoms with van der Waals surface area (Å²) in [5.74, 6) is 0.737. The summed E-state index contributed by atoms with van der Waals surface area (Å²) in [5.41, 5.74) is 9.10. The molecule has 1 aromatic carbocycles. The van der Waals surface area contributed by atoms with Crippen LogP contribution in [0.1, 0.15) is 36.8 Å². The van der Waals surface area contributed by atoms with Gasteiger partial charge in [0.2, 0.25) is 0 Å². The maximum atomic E-state index is 11.2. The van der Waals surface area contributed by atoms with Gasteiger partial charge in [0, 0.05) is 19.6 Å². The number of carbonyl (C=O) groups is 1. The number of ether oxygens (including phenoxy) is 1. The Morgan fingerprint density at radius 1 is 1.08 bits per heavy atom. The Bertz CT molecular complexity index is 600. The highest BCUT2D eigenvalue weighted by molar-refractivity contribution is 5.65. The number of likely N-dealkylation sites (tertiary alicyclic amines) is 1. The highest BCUT2D eigenvalue weighted by Crippen LogP contribution is 2.28. The molecule has 0 saturated carbocycles. The van der Waals surface area contributed by atoms with Crippen molar-refractivity contribution in [2.75, 3.05) is 45.1 Å². The fourth-order valence-electron chi connectivity index (χ4n) is 3.74. The van der Waals surface area contributed by atoms with Crippen LogP contribution in [0, 0.1) is 0 Å². The third-order valence-corrected chi connectivity index (χ3v) is 5.23. The van der Waals surface area contributed by atoms with E-state index < -0.39 is 6.09 Å². The molecule has 3 rings (SSSR count). The second kappa shape index (κ2) is 8.43. The van der Waals surface area contributed by atoms with Gasteiger partial charge in [-0.05, 0) is 68.5 Å². The quantitative estimate of drug-likeness (QED) is 0.632. The van der Waals surface area contributed by atoms with Crippen molar-refractivity contribution in [3.63, 3.8) is 0 Å². The normalized spacial score (nSPS) is 18.5. The minimum Gasteiger partial charge on any atom is -0.491 e. The number of hydrogen-bond acceptors (Lipinski definition) is 4. The monoisotopic (exact) mass is 347 g/mol. The third kappa shape index (κ3) is 4.78. The van der Waals surface area contributed by atoms with Crippen molar-refractivity contribution >= 4 is 11.8 Å². The molecule has 1 saturated heterocycles. The van der Waals surface area contributed by atoms with Gasteiger partial charge in [-0.2, -0.15) is 0 Å². The molecule has 1 amide bonds. The molecule has 0 aromatic heterocycles. The van der Waals surface area contributed by atoms with Gasteiger partial charge in [-0.25, -0.2) is 4.79 Å². The summed E-state index contributed by atoms with van der Waals surface area (Å²) in [4.78, 5) is 15.1. The number of nitrogens with zero attached hydrogens (tertiary/aromatic N) is 2. The van der Waals surface area contributed by atoms with Crippen LogP contribution < -0.4 is 10.5 Å². The zero-order chi connectivity index (χ0) is 17.6. The minimum atomic E-state index is -0.852. The van der Waals surface area contributed by atoms with Gasteiger partial charge in [-0.1, -0.05) is 6.42 Å². The summed E-state index contributed by atoms with van der Waals surface area (Å²) in [6.07, 6.45) is 5.56. The molecule has 0 radical (unpaired) electrons. The molecule has 1 fully saturated rings. The Hall–Kier alpha value is -1.95. The van der Waals surface area contributed by atoms with Gasteiger partial charge in [0.05, 0.1) is 12.3 Å². The predicted molar refractivity (Wildman–Crippen MR) is 98.3 cm³/mol. The van der Waals surface area contributed by atoms with Crippen LogP contribution in [0.5, 0.6) is 5.75 Å². The number of anilines is 1. The number of nitrogen functional groups attached to an aromatic ring is 1. The Labute approximate surface area is 149 Å². The fourth-order valence-corrected chi connectivity index (χ4v) is 3.74. The molecule has 6 heteroatoms. The highest BCUT2D eigenvalue weighted by atomic mass is 16.5. The summed E-state index contributed by atoms with van der Waals surface area (Å²) in [5, 5.41) is 9.17. The molecule has 138 valence electrons. The van der Waals surface area contributed by atoms with Crippen LogP contribution in [0.25, 0.3) is 0 Å². The summed E-state index contributed by atoms with van der Waals surface area (Å²) >= 11 is 0. The lowest BCUT2D eigenvalue weighted by Gasteiger charge is -2.26. The fraction of sp³-hybridized carbons (Fsp3) is 0.632. The summed E-state index contributed by atoms with van der Waals surface area (Å²) < 4.78 is 5.93. The van der Waals surface area contributed by atoms with Crippen LogP contribution in [-0.4, -0.2) is 60.3 Å². The van der Waals surface area contributed by atoms with Crippen molar-refractivity contribution in [3.05, 3.63) is 23.3 Å². The summed E-state index contributed by atoms with van der Waals surface area (Å²) in [6.45, 7) is 5.22. The predicted octanol–water partition coefficient (Wildman–Crippen LogP) is 2.60. The number of carboxylic acid groups (broad SMARTS) is 1. The van der Waals surface area contributed by atoms with Gasteiger partial charge in [0.25, 0.3) is 0 Å². The second-order valence-electron chi connectivity index (χ2n) is 7.03. The smallest absolute Gasteiger partial charge is 0.407 e. The number of nitrogens with two attached hydrogens (primary N) is 1. The lowest BCUT2D eigenvalue weighted by atomic mass is 10.0. The van der Waals surface area contributed by atoms with Crippen LogP contribution in [0.4, 0.5) is 10.5 Å². The maximum Gasteiger partial charge on any atom is 0.407 e. The van der Waals surface area contributed by atoms with Crippen molar-refractivity contribution in [1.29, 1.82) is 0 Å². The van der Waals surface area contributed by atoms with E-state index in [0.29, 0.717) is 38.2 Å². The lowest BCUT2D eigenvalue weighted by Crippen LogP contribution is -2.31. The molecule has 0 aliphatic carbocycles. The first kappa shape index (κ1) is 17.9. The lowest BCUT2D eigenvalue weighted by molar-refractivity contribution is 0.147. The van der Waals surface area contributed by atoms with Gasteiger partial charge in [0.1, 0.15) is 5.75 Å². The van der Waals surface area contributed by atoms with E-state index in [1.165, 1.54) is 37.3 Å². The first-order valence-corrected chi connectivity index (χ1v) is 9.38. The highest BCUT2D eigenvalue weighted by Gasteiger charge is 2.19. The van der Waals surface area contributed by atoms with Gasteiger partial charge in [-0.15, -0.1) is 0 Å². The molecule has 3 N–H and O–H groups in total. The first-order valence-electron chi connectivity index (χ1n) is 9.38. The van der Waals surface area contributed by atoms with Crippen LogP contribution in [-0.2, 0) is 12.8 Å². The van der Waals surface area contributed by atoms with Crippen molar-refractivity contribution < 1.29 is 14.6 Å². The molecule has 25 heavy (non-hydrogen) atoms. The Morgan fingerprint density at radius 2 is 1.76 bits per heavy atom. The van der Waals surface area contributed by atoms with Gasteiger partial charge >= 0.3 is 6.09 Å². The van der Waals surface area contributed by atoms with Crippen molar-refractivity contribution in [2.45, 2.75) is 38.5 Å². The van der Waals surface area contributed by atoms with Crippen molar-refractivity contribution in [2.24, 2.45) is 0 Å². The zero-order valence-corrected chi connectivity index (χ0v) is 14.9. The maximum absolute atomic E-state index is 11.2. The second-order valence-corrected chi connectivity index (χ2v) is 7.03. The number of fused-ring (bicyclic) bond motifs is 1. The summed E-state index contributed by atoms with van der Waals surface area (Å²) in [6, 6.07) is 3.97. The van der Waals surface area contributed by atoms with Crippen LogP contribution in [0.3, 0.4) is 0 Å².